The molecule has 1 aliphatic rings. The zero-order chi connectivity index (χ0) is 14.6. The standard InChI is InChI=1S/C18H20N2O/c1-10-13-5-4-8-19-17(13)11(2)16-14-9-12(21-3)6-7-15(14)20-18(10)16/h4-5,8,12,20H,6-7,9H2,1-3H3. The van der Waals surface area contributed by atoms with Gasteiger partial charge in [0.15, 0.2) is 0 Å². The first kappa shape index (κ1) is 12.8. The van der Waals surface area contributed by atoms with Crippen LogP contribution in [0.3, 0.4) is 0 Å². The van der Waals surface area contributed by atoms with Crippen LogP contribution in [0.5, 0.6) is 0 Å². The van der Waals surface area contributed by atoms with Crippen LogP contribution in [0, 0.1) is 13.8 Å². The Labute approximate surface area is 124 Å². The van der Waals surface area contributed by atoms with Gasteiger partial charge in [0.25, 0.3) is 0 Å². The van der Waals surface area contributed by atoms with Gasteiger partial charge in [-0.3, -0.25) is 4.98 Å². The van der Waals surface area contributed by atoms with Crippen LogP contribution in [0.25, 0.3) is 21.8 Å². The van der Waals surface area contributed by atoms with Crippen LogP contribution in [-0.4, -0.2) is 23.2 Å². The van der Waals surface area contributed by atoms with Gasteiger partial charge in [-0.05, 0) is 49.4 Å². The molecule has 1 unspecified atom stereocenters. The molecule has 2 aromatic heterocycles. The second kappa shape index (κ2) is 4.57. The predicted octanol–water partition coefficient (Wildman–Crippen LogP) is 3.84. The van der Waals surface area contributed by atoms with Crippen LogP contribution >= 0.6 is 0 Å². The number of benzene rings is 1. The Kier molecular flexibility index (Phi) is 2.79. The van der Waals surface area contributed by atoms with Gasteiger partial charge < -0.3 is 9.72 Å². The number of aryl methyl sites for hydroxylation is 3. The number of aromatic amines is 1. The second-order valence-corrected chi connectivity index (χ2v) is 6.08. The number of nitrogens with one attached hydrogen (secondary N) is 1. The molecule has 1 aliphatic carbocycles. The Bertz CT molecular complexity index is 847. The quantitative estimate of drug-likeness (QED) is 0.735. The van der Waals surface area contributed by atoms with Crippen molar-refractivity contribution in [2.75, 3.05) is 7.11 Å². The summed E-state index contributed by atoms with van der Waals surface area (Å²) in [5.41, 5.74) is 7.84. The lowest BCUT2D eigenvalue weighted by molar-refractivity contribution is 0.0911. The van der Waals surface area contributed by atoms with E-state index in [-0.39, 0.29) is 0 Å². The van der Waals surface area contributed by atoms with Crippen LogP contribution in [0.15, 0.2) is 18.3 Å². The fourth-order valence-electron chi connectivity index (χ4n) is 3.82. The summed E-state index contributed by atoms with van der Waals surface area (Å²) in [5.74, 6) is 0. The lowest BCUT2D eigenvalue weighted by Crippen LogP contribution is -2.20. The van der Waals surface area contributed by atoms with Crippen molar-refractivity contribution in [3.63, 3.8) is 0 Å². The molecule has 0 fully saturated rings. The van der Waals surface area contributed by atoms with Crippen molar-refractivity contribution in [3.05, 3.63) is 40.7 Å². The molecule has 0 saturated carbocycles. The van der Waals surface area contributed by atoms with Gasteiger partial charge >= 0.3 is 0 Å². The summed E-state index contributed by atoms with van der Waals surface area (Å²) < 4.78 is 5.59. The molecule has 3 aromatic rings. The SMILES string of the molecule is COC1CCc2[nH]c3c(C)c4cccnc4c(C)c3c2C1. The van der Waals surface area contributed by atoms with E-state index in [1.54, 1.807) is 0 Å². The van der Waals surface area contributed by atoms with Crippen molar-refractivity contribution in [3.8, 4) is 0 Å². The Morgan fingerprint density at radius 2 is 2.14 bits per heavy atom. The number of nitrogens with zero attached hydrogens (tertiary/aromatic N) is 1. The average molecular weight is 280 g/mol. The minimum absolute atomic E-state index is 0.343. The first-order chi connectivity index (χ1) is 10.2. The van der Waals surface area contributed by atoms with Crippen LogP contribution < -0.4 is 0 Å². The van der Waals surface area contributed by atoms with Gasteiger partial charge in [-0.2, -0.15) is 0 Å². The van der Waals surface area contributed by atoms with Crippen molar-refractivity contribution in [1.82, 2.24) is 9.97 Å². The third-order valence-electron chi connectivity index (χ3n) is 4.99. The van der Waals surface area contributed by atoms with E-state index < -0.39 is 0 Å². The van der Waals surface area contributed by atoms with E-state index in [0.29, 0.717) is 6.10 Å². The Balaban J connectivity index is 2.10. The molecule has 21 heavy (non-hydrogen) atoms. The van der Waals surface area contributed by atoms with Crippen LogP contribution in [0.2, 0.25) is 0 Å². The molecular formula is C18H20N2O. The first-order valence-electron chi connectivity index (χ1n) is 7.60. The Morgan fingerprint density at radius 3 is 2.95 bits per heavy atom. The highest BCUT2D eigenvalue weighted by Gasteiger charge is 2.25. The van der Waals surface area contributed by atoms with E-state index in [0.717, 1.165) is 24.8 Å². The Morgan fingerprint density at radius 1 is 1.29 bits per heavy atom. The van der Waals surface area contributed by atoms with Gasteiger partial charge in [0.05, 0.1) is 11.6 Å². The fourth-order valence-corrected chi connectivity index (χ4v) is 3.82. The van der Waals surface area contributed by atoms with Gasteiger partial charge in [-0.15, -0.1) is 0 Å². The number of ether oxygens (including phenoxy) is 1. The van der Waals surface area contributed by atoms with E-state index in [1.165, 1.54) is 38.7 Å². The molecule has 0 aliphatic heterocycles. The normalized spacial score (nSPS) is 18.3. The number of methoxy groups -OCH3 is 1. The molecule has 1 N–H and O–H groups in total. The highest BCUT2D eigenvalue weighted by atomic mass is 16.5. The zero-order valence-electron chi connectivity index (χ0n) is 12.8. The molecule has 0 spiro atoms. The topological polar surface area (TPSA) is 37.9 Å². The second-order valence-electron chi connectivity index (χ2n) is 6.08. The molecule has 0 radical (unpaired) electrons. The van der Waals surface area contributed by atoms with E-state index >= 15 is 0 Å². The molecule has 2 heterocycles. The minimum Gasteiger partial charge on any atom is -0.381 e. The van der Waals surface area contributed by atoms with Gasteiger partial charge in [-0.25, -0.2) is 0 Å². The molecule has 4 rings (SSSR count). The highest BCUT2D eigenvalue weighted by molar-refractivity contribution is 6.04. The molecule has 3 heteroatoms. The summed E-state index contributed by atoms with van der Waals surface area (Å²) in [4.78, 5) is 8.29. The molecule has 3 nitrogen and oxygen atoms in total. The van der Waals surface area contributed by atoms with Gasteiger partial charge in [-0.1, -0.05) is 6.07 Å². The molecule has 108 valence electrons. The van der Waals surface area contributed by atoms with Gasteiger partial charge in [0.1, 0.15) is 0 Å². The van der Waals surface area contributed by atoms with E-state index in [9.17, 15) is 0 Å². The largest absolute Gasteiger partial charge is 0.381 e. The van der Waals surface area contributed by atoms with Gasteiger partial charge in [0, 0.05) is 41.7 Å². The number of hydrogen-bond acceptors (Lipinski definition) is 2. The van der Waals surface area contributed by atoms with Crippen molar-refractivity contribution in [2.45, 2.75) is 39.2 Å². The molecule has 0 saturated heterocycles. The molecule has 1 aromatic carbocycles. The summed E-state index contributed by atoms with van der Waals surface area (Å²) >= 11 is 0. The van der Waals surface area contributed by atoms with E-state index in [1.807, 2.05) is 19.4 Å². The minimum atomic E-state index is 0.343. The molecule has 0 bridgehead atoms. The highest BCUT2D eigenvalue weighted by Crippen LogP contribution is 2.37. The summed E-state index contributed by atoms with van der Waals surface area (Å²) in [6, 6.07) is 4.19. The zero-order valence-corrected chi connectivity index (χ0v) is 12.8. The molecular weight excluding hydrogens is 260 g/mol. The summed E-state index contributed by atoms with van der Waals surface area (Å²) in [7, 11) is 1.82. The average Bonchev–Trinajstić information content (AvgIpc) is 2.91. The van der Waals surface area contributed by atoms with Crippen molar-refractivity contribution < 1.29 is 4.74 Å². The first-order valence-corrected chi connectivity index (χ1v) is 7.60. The van der Waals surface area contributed by atoms with E-state index in [2.05, 4.69) is 29.9 Å². The number of H-pyrrole nitrogens is 1. The lowest BCUT2D eigenvalue weighted by Gasteiger charge is -2.21. The van der Waals surface area contributed by atoms with Crippen molar-refractivity contribution in [1.29, 1.82) is 0 Å². The maximum atomic E-state index is 5.59. The number of aromatic nitrogens is 2. The van der Waals surface area contributed by atoms with Crippen molar-refractivity contribution in [2.24, 2.45) is 0 Å². The number of rotatable bonds is 1. The van der Waals surface area contributed by atoms with Crippen LogP contribution in [0.4, 0.5) is 0 Å². The number of hydrogen-bond donors (Lipinski definition) is 1. The molecule has 0 amide bonds. The number of fused-ring (bicyclic) bond motifs is 4. The molecule has 1 atom stereocenters. The maximum absolute atomic E-state index is 5.59. The fraction of sp³-hybridized carbons (Fsp3) is 0.389. The van der Waals surface area contributed by atoms with Crippen LogP contribution in [0.1, 0.15) is 28.8 Å². The summed E-state index contributed by atoms with van der Waals surface area (Å²) in [6.07, 6.45) is 5.41. The summed E-state index contributed by atoms with van der Waals surface area (Å²) in [5, 5.41) is 2.62. The summed E-state index contributed by atoms with van der Waals surface area (Å²) in [6.45, 7) is 4.39. The van der Waals surface area contributed by atoms with Crippen molar-refractivity contribution >= 4 is 21.8 Å². The lowest BCUT2D eigenvalue weighted by atomic mass is 9.90. The van der Waals surface area contributed by atoms with Crippen LogP contribution in [-0.2, 0) is 17.6 Å². The smallest absolute Gasteiger partial charge is 0.0741 e. The maximum Gasteiger partial charge on any atom is 0.0741 e. The third kappa shape index (κ3) is 1.74. The third-order valence-corrected chi connectivity index (χ3v) is 4.99. The number of pyridine rings is 1. The Hall–Kier alpha value is -1.87. The van der Waals surface area contributed by atoms with Gasteiger partial charge in [0.2, 0.25) is 0 Å². The monoisotopic (exact) mass is 280 g/mol. The van der Waals surface area contributed by atoms with E-state index in [4.69, 9.17) is 4.74 Å². The predicted molar refractivity (Wildman–Crippen MR) is 85.9 cm³/mol.